The van der Waals surface area contributed by atoms with E-state index in [4.69, 9.17) is 0 Å². The number of benzene rings is 1. The molecule has 4 nitrogen and oxygen atoms in total. The van der Waals surface area contributed by atoms with Crippen LogP contribution in [-0.2, 0) is 4.79 Å². The molecule has 7 heteroatoms. The maximum atomic E-state index is 13.5. The van der Waals surface area contributed by atoms with Gasteiger partial charge in [-0.15, -0.1) is 0 Å². The number of anilines is 1. The number of nitrogens with one attached hydrogen (secondary N) is 1. The smallest absolute Gasteiger partial charge is 0.281 e. The lowest BCUT2D eigenvalue weighted by Gasteiger charge is -2.14. The van der Waals surface area contributed by atoms with Crippen molar-refractivity contribution in [3.63, 3.8) is 0 Å². The van der Waals surface area contributed by atoms with E-state index in [0.29, 0.717) is 17.6 Å². The zero-order valence-electron chi connectivity index (χ0n) is 9.99. The molecule has 0 saturated carbocycles. The van der Waals surface area contributed by atoms with Crippen molar-refractivity contribution in [2.45, 2.75) is 6.42 Å². The van der Waals surface area contributed by atoms with Crippen molar-refractivity contribution in [1.29, 1.82) is 0 Å². The largest absolute Gasteiger partial charge is 0.332 e. The first-order valence-corrected chi connectivity index (χ1v) is 7.51. The van der Waals surface area contributed by atoms with E-state index in [2.05, 4.69) is 21.2 Å². The Kier molecular flexibility index (Phi) is 4.81. The second-order valence-corrected chi connectivity index (χ2v) is 5.99. The third-order valence-corrected chi connectivity index (χ3v) is 4.04. The van der Waals surface area contributed by atoms with E-state index in [0.717, 1.165) is 5.75 Å². The Morgan fingerprint density at radius 3 is 2.95 bits per heavy atom. The van der Waals surface area contributed by atoms with Gasteiger partial charge in [-0.3, -0.25) is 9.59 Å². The third kappa shape index (κ3) is 3.94. The van der Waals surface area contributed by atoms with Gasteiger partial charge < -0.3 is 10.2 Å². The van der Waals surface area contributed by atoms with Crippen LogP contribution in [0, 0.1) is 5.82 Å². The summed E-state index contributed by atoms with van der Waals surface area (Å²) in [5.41, 5.74) is 0.148. The summed E-state index contributed by atoms with van der Waals surface area (Å²) in [4.78, 5) is 24.6. The normalized spacial score (nSPS) is 14.8. The zero-order chi connectivity index (χ0) is 13.8. The molecule has 1 aromatic carbocycles. The molecular weight excluding hydrogens is 335 g/mol. The minimum absolute atomic E-state index is 0.00243. The minimum atomic E-state index is -0.490. The number of amides is 2. The van der Waals surface area contributed by atoms with Gasteiger partial charge in [0.25, 0.3) is 5.24 Å². The lowest BCUT2D eigenvalue weighted by Crippen LogP contribution is -2.27. The Balaban J connectivity index is 1.85. The van der Waals surface area contributed by atoms with Crippen LogP contribution in [0.3, 0.4) is 0 Å². The van der Waals surface area contributed by atoms with E-state index < -0.39 is 5.82 Å². The molecule has 0 atom stereocenters. The van der Waals surface area contributed by atoms with Crippen molar-refractivity contribution < 1.29 is 14.0 Å². The minimum Gasteiger partial charge on any atom is -0.332 e. The first kappa shape index (κ1) is 14.3. The summed E-state index contributed by atoms with van der Waals surface area (Å²) < 4.78 is 14.1. The fourth-order valence-electron chi connectivity index (χ4n) is 1.67. The molecular formula is C12H12BrFN2O2S. The van der Waals surface area contributed by atoms with Crippen molar-refractivity contribution >= 4 is 44.5 Å². The van der Waals surface area contributed by atoms with Crippen LogP contribution in [0.2, 0.25) is 0 Å². The molecule has 0 spiro atoms. The van der Waals surface area contributed by atoms with Gasteiger partial charge in [-0.25, -0.2) is 4.39 Å². The van der Waals surface area contributed by atoms with E-state index in [-0.39, 0.29) is 23.3 Å². The van der Waals surface area contributed by atoms with Gasteiger partial charge >= 0.3 is 0 Å². The van der Waals surface area contributed by atoms with E-state index in [9.17, 15) is 14.0 Å². The summed E-state index contributed by atoms with van der Waals surface area (Å²) in [7, 11) is 0. The summed E-state index contributed by atoms with van der Waals surface area (Å²) in [5, 5.41) is 2.50. The van der Waals surface area contributed by atoms with Gasteiger partial charge in [-0.1, -0.05) is 27.7 Å². The van der Waals surface area contributed by atoms with Crippen molar-refractivity contribution in [2.75, 3.05) is 24.2 Å². The highest BCUT2D eigenvalue weighted by atomic mass is 79.9. The quantitative estimate of drug-likeness (QED) is 0.911. The van der Waals surface area contributed by atoms with Gasteiger partial charge in [0.2, 0.25) is 5.91 Å². The van der Waals surface area contributed by atoms with Gasteiger partial charge in [0.15, 0.2) is 0 Å². The topological polar surface area (TPSA) is 49.4 Å². The van der Waals surface area contributed by atoms with Crippen molar-refractivity contribution in [3.05, 3.63) is 28.5 Å². The highest BCUT2D eigenvalue weighted by Crippen LogP contribution is 2.20. The van der Waals surface area contributed by atoms with Crippen LogP contribution in [0.15, 0.2) is 22.7 Å². The maximum Gasteiger partial charge on any atom is 0.281 e. The van der Waals surface area contributed by atoms with Crippen LogP contribution in [0.4, 0.5) is 14.9 Å². The molecule has 19 heavy (non-hydrogen) atoms. The molecule has 2 rings (SSSR count). The monoisotopic (exact) mass is 346 g/mol. The van der Waals surface area contributed by atoms with Crippen LogP contribution >= 0.6 is 27.7 Å². The Hall–Kier alpha value is -1.08. The van der Waals surface area contributed by atoms with E-state index in [1.54, 1.807) is 11.0 Å². The number of nitrogens with zero attached hydrogens (tertiary/aromatic N) is 1. The SMILES string of the molecule is O=C(CCN1CCSC1=O)Nc1ccc(Br)cc1F. The Morgan fingerprint density at radius 2 is 2.32 bits per heavy atom. The van der Waals surface area contributed by atoms with Crippen LogP contribution < -0.4 is 5.32 Å². The lowest BCUT2D eigenvalue weighted by molar-refractivity contribution is -0.116. The summed E-state index contributed by atoms with van der Waals surface area (Å²) in [5.74, 6) is -0.0247. The summed E-state index contributed by atoms with van der Waals surface area (Å²) in [6.07, 6.45) is 0.168. The number of rotatable bonds is 4. The molecule has 102 valence electrons. The first-order valence-electron chi connectivity index (χ1n) is 5.73. The van der Waals surface area contributed by atoms with Gasteiger partial charge in [-0.2, -0.15) is 0 Å². The number of hydrogen-bond donors (Lipinski definition) is 1. The second kappa shape index (κ2) is 6.38. The highest BCUT2D eigenvalue weighted by molar-refractivity contribution is 9.10. The number of carbonyl (C=O) groups excluding carboxylic acids is 2. The maximum absolute atomic E-state index is 13.5. The molecule has 0 aliphatic carbocycles. The predicted octanol–water partition coefficient (Wildman–Crippen LogP) is 3.09. The van der Waals surface area contributed by atoms with Crippen molar-refractivity contribution in [1.82, 2.24) is 4.90 Å². The molecule has 0 bridgehead atoms. The molecule has 1 aliphatic heterocycles. The fourth-order valence-corrected chi connectivity index (χ4v) is 2.85. The first-order chi connectivity index (χ1) is 9.06. The molecule has 2 amide bonds. The summed E-state index contributed by atoms with van der Waals surface area (Å²) in [6, 6.07) is 4.43. The highest BCUT2D eigenvalue weighted by Gasteiger charge is 2.21. The van der Waals surface area contributed by atoms with Crippen molar-refractivity contribution in [3.8, 4) is 0 Å². The molecule has 1 aromatic rings. The van der Waals surface area contributed by atoms with Gasteiger partial charge in [0, 0.05) is 29.7 Å². The van der Waals surface area contributed by atoms with Crippen LogP contribution in [0.25, 0.3) is 0 Å². The molecule has 1 aliphatic rings. The van der Waals surface area contributed by atoms with Gasteiger partial charge in [0.1, 0.15) is 5.82 Å². The van der Waals surface area contributed by atoms with Crippen LogP contribution in [-0.4, -0.2) is 34.9 Å². The van der Waals surface area contributed by atoms with Crippen LogP contribution in [0.1, 0.15) is 6.42 Å². The molecule has 0 unspecified atom stereocenters. The average Bonchev–Trinajstić information content (AvgIpc) is 2.76. The molecule has 1 heterocycles. The molecule has 1 N–H and O–H groups in total. The van der Waals surface area contributed by atoms with E-state index in [1.165, 1.54) is 23.9 Å². The van der Waals surface area contributed by atoms with Crippen LogP contribution in [0.5, 0.6) is 0 Å². The predicted molar refractivity (Wildman–Crippen MR) is 76.8 cm³/mol. The number of hydrogen-bond acceptors (Lipinski definition) is 3. The number of thioether (sulfide) groups is 1. The summed E-state index contributed by atoms with van der Waals surface area (Å²) in [6.45, 7) is 1.04. The van der Waals surface area contributed by atoms with Gasteiger partial charge in [0.05, 0.1) is 5.69 Å². The molecule has 1 saturated heterocycles. The van der Waals surface area contributed by atoms with Crippen molar-refractivity contribution in [2.24, 2.45) is 0 Å². The van der Waals surface area contributed by atoms with E-state index in [1.807, 2.05) is 0 Å². The Bertz CT molecular complexity index is 513. The Morgan fingerprint density at radius 1 is 1.53 bits per heavy atom. The van der Waals surface area contributed by atoms with E-state index >= 15 is 0 Å². The Labute approximate surface area is 122 Å². The number of carbonyl (C=O) groups is 2. The van der Waals surface area contributed by atoms with Gasteiger partial charge in [-0.05, 0) is 18.2 Å². The standard InChI is InChI=1S/C12H12BrFN2O2S/c13-8-1-2-10(9(14)7-8)15-11(17)3-4-16-5-6-19-12(16)18/h1-2,7H,3-6H2,(H,15,17). The second-order valence-electron chi connectivity index (χ2n) is 4.02. The molecule has 0 aromatic heterocycles. The third-order valence-electron chi connectivity index (χ3n) is 2.66. The average molecular weight is 347 g/mol. The fraction of sp³-hybridized carbons (Fsp3) is 0.333. The lowest BCUT2D eigenvalue weighted by atomic mass is 10.3. The molecule has 0 radical (unpaired) electrons. The summed E-state index contributed by atoms with van der Waals surface area (Å²) >= 11 is 4.40. The number of halogens is 2. The zero-order valence-corrected chi connectivity index (χ0v) is 12.4. The molecule has 1 fully saturated rings.